The van der Waals surface area contributed by atoms with Crippen molar-refractivity contribution in [3.8, 4) is 22.3 Å². The lowest BCUT2D eigenvalue weighted by Crippen LogP contribution is -2.39. The number of fused-ring (bicyclic) bond motifs is 11. The number of thiophene rings is 1. The second-order valence-corrected chi connectivity index (χ2v) is 25.3. The molecule has 5 heteroatoms. The van der Waals surface area contributed by atoms with Crippen LogP contribution in [0.3, 0.4) is 0 Å². The average molecular weight is 907 g/mol. The highest BCUT2D eigenvalue weighted by atomic mass is 32.1. The topological polar surface area (TPSA) is 28.4 Å². The van der Waals surface area contributed by atoms with Gasteiger partial charge in [-0.25, -0.2) is 0 Å². The van der Waals surface area contributed by atoms with Crippen LogP contribution in [0.2, 0.25) is 0 Å². The quantitative estimate of drug-likeness (QED) is 0.178. The molecule has 2 aromatic heterocycles. The Bertz CT molecular complexity index is 3550. The predicted octanol–water partition coefficient (Wildman–Crippen LogP) is 16.6. The molecule has 3 nitrogen and oxygen atoms in total. The summed E-state index contributed by atoms with van der Waals surface area (Å²) in [5, 5.41) is 7.67. The largest absolute Gasteiger partial charge is 0.455 e. The van der Waals surface area contributed by atoms with Crippen LogP contribution in [0.5, 0.6) is 0 Å². The molecule has 0 spiro atoms. The third-order valence-electron chi connectivity index (χ3n) is 16.3. The van der Waals surface area contributed by atoms with Crippen LogP contribution in [0.1, 0.15) is 129 Å². The number of nitrogens with zero attached hydrogens (tertiary/aromatic N) is 1. The van der Waals surface area contributed by atoms with Crippen LogP contribution >= 0.6 is 11.3 Å². The number of hydrogen-bond acceptors (Lipinski definition) is 4. The summed E-state index contributed by atoms with van der Waals surface area (Å²) in [6, 6.07) is 48.7. The van der Waals surface area contributed by atoms with Gasteiger partial charge in [-0.1, -0.05) is 150 Å². The molecule has 68 heavy (non-hydrogen) atoms. The normalized spacial score (nSPS) is 16.6. The van der Waals surface area contributed by atoms with Gasteiger partial charge in [0.15, 0.2) is 0 Å². The first-order valence-corrected chi connectivity index (χ1v) is 25.7. The Morgan fingerprint density at radius 1 is 0.588 bits per heavy atom. The number of hydrogen-bond donors (Lipinski definition) is 1. The van der Waals surface area contributed by atoms with Gasteiger partial charge >= 0.3 is 0 Å². The Labute approximate surface area is 407 Å². The highest BCUT2D eigenvalue weighted by Crippen LogP contribution is 2.55. The van der Waals surface area contributed by atoms with Crippen molar-refractivity contribution in [1.82, 2.24) is 0 Å². The lowest BCUT2D eigenvalue weighted by Gasteiger charge is -2.42. The molecule has 1 aliphatic heterocycles. The minimum Gasteiger partial charge on any atom is -0.455 e. The third kappa shape index (κ3) is 6.51. The SMILES string of the molecule is CC(C)(C)c1ccc(Nc2cc3c(cc2-c2c4c(cc5c2oc2ccccc25)N(c2ccc(C(C)(C)C)cc2)c2c(sc5cc6c(cc25)C(C)(C)CCC6(C)C)B4)-c2ccccc2C3(C)C)cc1. The molecule has 3 aliphatic rings. The van der Waals surface area contributed by atoms with E-state index in [0.717, 1.165) is 51.7 Å². The van der Waals surface area contributed by atoms with Crippen molar-refractivity contribution in [1.29, 1.82) is 0 Å². The maximum absolute atomic E-state index is 7.20. The third-order valence-corrected chi connectivity index (χ3v) is 17.4. The van der Waals surface area contributed by atoms with Gasteiger partial charge in [0.2, 0.25) is 7.28 Å². The first kappa shape index (κ1) is 43.3. The van der Waals surface area contributed by atoms with Crippen molar-refractivity contribution in [3.05, 3.63) is 161 Å². The van der Waals surface area contributed by atoms with E-state index in [-0.39, 0.29) is 27.1 Å². The van der Waals surface area contributed by atoms with E-state index in [4.69, 9.17) is 4.42 Å². The second kappa shape index (κ2) is 14.5. The fraction of sp³-hybridized carbons (Fsp3) is 0.302. The van der Waals surface area contributed by atoms with Crippen LogP contribution in [-0.2, 0) is 27.1 Å². The standard InChI is InChI=1S/C63H63BN2OS/c1-59(2,3)36-21-25-38(26-22-36)65-50-34-47-42(40-17-13-15-19-46(40)63(47,11)12)31-44(50)54-55-51(33-43-41-18-14-16-20-52(41)67-57(43)54)66(39-27-23-37(24-28-39)60(4,5)6)56-45-32-48-49(35-53(45)68-58(56)64-55)62(9,10)30-29-61(48,7)8/h13-28,31-35,64-65H,29-30H2,1-12H3. The summed E-state index contributed by atoms with van der Waals surface area (Å²) >= 11 is 1.99. The number of furan rings is 1. The van der Waals surface area contributed by atoms with Crippen molar-refractivity contribution < 1.29 is 4.42 Å². The van der Waals surface area contributed by atoms with Gasteiger partial charge in [-0.15, -0.1) is 11.3 Å². The first-order chi connectivity index (χ1) is 32.2. The molecule has 0 fully saturated rings. The van der Waals surface area contributed by atoms with E-state index >= 15 is 0 Å². The summed E-state index contributed by atoms with van der Waals surface area (Å²) in [5.41, 5.74) is 22.4. The van der Waals surface area contributed by atoms with E-state index in [1.165, 1.54) is 94.7 Å². The molecule has 9 aromatic rings. The first-order valence-electron chi connectivity index (χ1n) is 24.8. The summed E-state index contributed by atoms with van der Waals surface area (Å²) in [4.78, 5) is 2.63. The zero-order chi connectivity index (χ0) is 47.4. The number of nitrogens with one attached hydrogen (secondary N) is 1. The molecule has 0 saturated carbocycles. The van der Waals surface area contributed by atoms with Crippen LogP contribution < -0.4 is 20.5 Å². The molecule has 340 valence electrons. The molecule has 0 unspecified atom stereocenters. The summed E-state index contributed by atoms with van der Waals surface area (Å²) in [7, 11) is 0.791. The van der Waals surface area contributed by atoms with Crippen molar-refractivity contribution in [3.63, 3.8) is 0 Å². The fourth-order valence-electron chi connectivity index (χ4n) is 12.0. The maximum atomic E-state index is 7.20. The minimum atomic E-state index is -0.175. The number of rotatable bonds is 4. The smallest absolute Gasteiger partial charge is 0.211 e. The lowest BCUT2D eigenvalue weighted by molar-refractivity contribution is 0.332. The monoisotopic (exact) mass is 906 g/mol. The summed E-state index contributed by atoms with van der Waals surface area (Å²) in [5.74, 6) is 0. The summed E-state index contributed by atoms with van der Waals surface area (Å²) in [6.45, 7) is 28.3. The molecular formula is C63H63BN2OS. The Kier molecular flexibility index (Phi) is 9.22. The Morgan fingerprint density at radius 2 is 1.22 bits per heavy atom. The molecule has 7 aromatic carbocycles. The zero-order valence-electron chi connectivity index (χ0n) is 42.0. The van der Waals surface area contributed by atoms with Gasteiger partial charge in [-0.2, -0.15) is 0 Å². The van der Waals surface area contributed by atoms with Crippen LogP contribution in [0.15, 0.2) is 132 Å². The van der Waals surface area contributed by atoms with E-state index in [9.17, 15) is 0 Å². The van der Waals surface area contributed by atoms with Gasteiger partial charge in [0.05, 0.1) is 5.69 Å². The van der Waals surface area contributed by atoms with Gasteiger partial charge in [-0.05, 0) is 150 Å². The van der Waals surface area contributed by atoms with Crippen LogP contribution in [0.4, 0.5) is 28.4 Å². The van der Waals surface area contributed by atoms with Crippen molar-refractivity contribution >= 4 is 89.3 Å². The maximum Gasteiger partial charge on any atom is 0.211 e. The zero-order valence-corrected chi connectivity index (χ0v) is 42.8. The molecule has 2 aliphatic carbocycles. The second-order valence-electron chi connectivity index (χ2n) is 24.1. The predicted molar refractivity (Wildman–Crippen MR) is 296 cm³/mol. The van der Waals surface area contributed by atoms with E-state index in [1.807, 2.05) is 11.3 Å². The molecule has 3 heterocycles. The van der Waals surface area contributed by atoms with E-state index in [0.29, 0.717) is 0 Å². The molecule has 0 bridgehead atoms. The van der Waals surface area contributed by atoms with Gasteiger partial charge in [0, 0.05) is 60.2 Å². The molecule has 0 atom stereocenters. The van der Waals surface area contributed by atoms with Gasteiger partial charge in [0.25, 0.3) is 0 Å². The van der Waals surface area contributed by atoms with E-state index < -0.39 is 0 Å². The molecule has 1 N–H and O–H groups in total. The average Bonchev–Trinajstić information content (AvgIpc) is 3.92. The van der Waals surface area contributed by atoms with Gasteiger partial charge in [-0.3, -0.25) is 0 Å². The van der Waals surface area contributed by atoms with Crippen molar-refractivity contribution in [2.75, 3.05) is 10.2 Å². The van der Waals surface area contributed by atoms with E-state index in [1.54, 1.807) is 0 Å². The Morgan fingerprint density at radius 3 is 1.91 bits per heavy atom. The molecule has 12 rings (SSSR count). The molecular weight excluding hydrogens is 844 g/mol. The molecule has 0 saturated heterocycles. The Hall–Kier alpha value is -6.04. The van der Waals surface area contributed by atoms with Gasteiger partial charge in [0.1, 0.15) is 11.2 Å². The summed E-state index contributed by atoms with van der Waals surface area (Å²) in [6.07, 6.45) is 2.37. The van der Waals surface area contributed by atoms with Gasteiger partial charge < -0.3 is 14.6 Å². The Balaban J connectivity index is 1.18. The van der Waals surface area contributed by atoms with Crippen molar-refractivity contribution in [2.24, 2.45) is 0 Å². The summed E-state index contributed by atoms with van der Waals surface area (Å²) < 4.78 is 9.97. The van der Waals surface area contributed by atoms with Crippen LogP contribution in [0, 0.1) is 0 Å². The highest BCUT2D eigenvalue weighted by molar-refractivity contribution is 7.29. The number of benzene rings is 7. The highest BCUT2D eigenvalue weighted by Gasteiger charge is 2.41. The number of para-hydroxylation sites is 1. The van der Waals surface area contributed by atoms with Crippen LogP contribution in [-0.4, -0.2) is 7.28 Å². The van der Waals surface area contributed by atoms with Crippen molar-refractivity contribution in [2.45, 2.75) is 123 Å². The number of anilines is 5. The van der Waals surface area contributed by atoms with E-state index in [2.05, 4.69) is 221 Å². The lowest BCUT2D eigenvalue weighted by atomic mass is 9.61. The van der Waals surface area contributed by atoms with Crippen LogP contribution in [0.25, 0.3) is 54.3 Å². The minimum absolute atomic E-state index is 0.0300. The molecule has 0 amide bonds. The molecule has 0 radical (unpaired) electrons. The fourth-order valence-corrected chi connectivity index (χ4v) is 13.3.